The number of hydrogen-bond donors (Lipinski definition) is 2. The molecule has 3 rings (SSSR count). The molecule has 2 aromatic heterocycles. The Morgan fingerprint density at radius 2 is 2.05 bits per heavy atom. The summed E-state index contributed by atoms with van der Waals surface area (Å²) >= 11 is 6.06. The van der Waals surface area contributed by atoms with Gasteiger partial charge < -0.3 is 5.11 Å². The molecule has 0 bridgehead atoms. The van der Waals surface area contributed by atoms with Gasteiger partial charge >= 0.3 is 5.97 Å². The first-order chi connectivity index (χ1) is 10.1. The van der Waals surface area contributed by atoms with Gasteiger partial charge in [0.25, 0.3) is 5.56 Å². The van der Waals surface area contributed by atoms with Crippen LogP contribution in [0.5, 0.6) is 0 Å². The second-order valence-corrected chi connectivity index (χ2v) is 4.86. The van der Waals surface area contributed by atoms with Gasteiger partial charge in [-0.15, -0.1) is 0 Å². The zero-order valence-corrected chi connectivity index (χ0v) is 11.5. The van der Waals surface area contributed by atoms with Crippen molar-refractivity contribution >= 4 is 23.2 Å². The normalized spacial score (nSPS) is 10.9. The molecule has 7 heteroatoms. The van der Waals surface area contributed by atoms with Crippen molar-refractivity contribution in [2.75, 3.05) is 0 Å². The van der Waals surface area contributed by atoms with Gasteiger partial charge in [-0.05, 0) is 5.56 Å². The monoisotopic (exact) mass is 303 g/mol. The van der Waals surface area contributed by atoms with E-state index >= 15 is 0 Å². The molecule has 6 nitrogen and oxygen atoms in total. The van der Waals surface area contributed by atoms with E-state index in [0.29, 0.717) is 12.0 Å². The second-order valence-electron chi connectivity index (χ2n) is 4.50. The zero-order valence-electron chi connectivity index (χ0n) is 10.7. The summed E-state index contributed by atoms with van der Waals surface area (Å²) in [5.41, 5.74) is 0.748. The number of aromatic nitrogens is 3. The molecule has 0 spiro atoms. The van der Waals surface area contributed by atoms with Gasteiger partial charge in [-0.1, -0.05) is 41.9 Å². The van der Waals surface area contributed by atoms with Crippen LogP contribution in [0.15, 0.2) is 41.3 Å². The second kappa shape index (κ2) is 5.06. The summed E-state index contributed by atoms with van der Waals surface area (Å²) in [5, 5.41) is 11.7. The molecular weight excluding hydrogens is 294 g/mol. The van der Waals surface area contributed by atoms with Crippen LogP contribution in [-0.2, 0) is 6.42 Å². The first-order valence-electron chi connectivity index (χ1n) is 6.13. The third-order valence-corrected chi connectivity index (χ3v) is 3.47. The summed E-state index contributed by atoms with van der Waals surface area (Å²) in [7, 11) is 0. The molecule has 2 heterocycles. The van der Waals surface area contributed by atoms with E-state index in [1.807, 2.05) is 30.3 Å². The first kappa shape index (κ1) is 13.4. The Balaban J connectivity index is 2.17. The predicted octanol–water partition coefficient (Wildman–Crippen LogP) is 1.97. The SMILES string of the molecule is O=C(O)c1c[nH]n2c(=O)c(Cc3ccccc3)c(Cl)nc12. The van der Waals surface area contributed by atoms with Crippen LogP contribution in [0, 0.1) is 0 Å². The molecule has 0 unspecified atom stereocenters. The highest BCUT2D eigenvalue weighted by Gasteiger charge is 2.18. The number of rotatable bonds is 3. The number of nitrogens with one attached hydrogen (secondary N) is 1. The van der Waals surface area contributed by atoms with Gasteiger partial charge in [0.05, 0.1) is 5.56 Å². The lowest BCUT2D eigenvalue weighted by Gasteiger charge is -2.04. The molecule has 0 atom stereocenters. The van der Waals surface area contributed by atoms with Crippen LogP contribution >= 0.6 is 11.6 Å². The molecule has 0 aliphatic rings. The summed E-state index contributed by atoms with van der Waals surface area (Å²) in [6.45, 7) is 0. The van der Waals surface area contributed by atoms with Crippen molar-refractivity contribution in [3.8, 4) is 0 Å². The largest absolute Gasteiger partial charge is 0.477 e. The van der Waals surface area contributed by atoms with E-state index in [2.05, 4.69) is 10.1 Å². The highest BCUT2D eigenvalue weighted by Crippen LogP contribution is 2.16. The molecule has 0 aliphatic heterocycles. The number of carbonyl (C=O) groups is 1. The lowest BCUT2D eigenvalue weighted by atomic mass is 10.1. The predicted molar refractivity (Wildman–Crippen MR) is 77.0 cm³/mol. The molecule has 0 radical (unpaired) electrons. The maximum Gasteiger partial charge on any atom is 0.341 e. The van der Waals surface area contributed by atoms with Crippen LogP contribution in [-0.4, -0.2) is 25.7 Å². The minimum absolute atomic E-state index is 0.00862. The Hall–Kier alpha value is -2.60. The number of carboxylic acids is 1. The van der Waals surface area contributed by atoms with Gasteiger partial charge in [0.1, 0.15) is 10.7 Å². The van der Waals surface area contributed by atoms with Gasteiger partial charge in [-0.2, -0.15) is 0 Å². The molecule has 0 saturated carbocycles. The molecule has 2 N–H and O–H groups in total. The fourth-order valence-electron chi connectivity index (χ4n) is 2.13. The minimum atomic E-state index is -1.17. The van der Waals surface area contributed by atoms with Crippen molar-refractivity contribution in [1.82, 2.24) is 14.6 Å². The van der Waals surface area contributed by atoms with Crippen LogP contribution in [0.25, 0.3) is 5.65 Å². The van der Waals surface area contributed by atoms with Crippen molar-refractivity contribution in [2.24, 2.45) is 0 Å². The number of carboxylic acid groups (broad SMARTS) is 1. The quantitative estimate of drug-likeness (QED) is 0.724. The van der Waals surface area contributed by atoms with Gasteiger partial charge in [0, 0.05) is 12.6 Å². The molecule has 0 aliphatic carbocycles. The molecule has 0 amide bonds. The summed E-state index contributed by atoms with van der Waals surface area (Å²) < 4.78 is 1.09. The minimum Gasteiger partial charge on any atom is -0.477 e. The number of nitrogens with zero attached hydrogens (tertiary/aromatic N) is 2. The summed E-state index contributed by atoms with van der Waals surface area (Å²) in [4.78, 5) is 27.5. The molecule has 1 aromatic carbocycles. The molecule has 106 valence electrons. The molecular formula is C14H10ClN3O3. The first-order valence-corrected chi connectivity index (χ1v) is 6.51. The third-order valence-electron chi connectivity index (χ3n) is 3.16. The van der Waals surface area contributed by atoms with Gasteiger partial charge in [-0.3, -0.25) is 9.89 Å². The van der Waals surface area contributed by atoms with Crippen molar-refractivity contribution in [2.45, 2.75) is 6.42 Å². The average Bonchev–Trinajstić information content (AvgIpc) is 2.88. The summed E-state index contributed by atoms with van der Waals surface area (Å²) in [5.74, 6) is -1.17. The number of halogens is 1. The maximum absolute atomic E-state index is 12.4. The Labute approximate surface area is 123 Å². The fourth-order valence-corrected chi connectivity index (χ4v) is 2.36. The zero-order chi connectivity index (χ0) is 15.0. The van der Waals surface area contributed by atoms with E-state index in [-0.39, 0.29) is 16.4 Å². The van der Waals surface area contributed by atoms with E-state index in [1.165, 1.54) is 6.20 Å². The number of aromatic amines is 1. The number of fused-ring (bicyclic) bond motifs is 1. The lowest BCUT2D eigenvalue weighted by Crippen LogP contribution is -2.21. The Bertz CT molecular complexity index is 884. The molecule has 0 saturated heterocycles. The van der Waals surface area contributed by atoms with Crippen LogP contribution in [0.2, 0.25) is 5.15 Å². The smallest absolute Gasteiger partial charge is 0.341 e. The molecule has 21 heavy (non-hydrogen) atoms. The van der Waals surface area contributed by atoms with E-state index < -0.39 is 11.5 Å². The van der Waals surface area contributed by atoms with Crippen LogP contribution in [0.3, 0.4) is 0 Å². The van der Waals surface area contributed by atoms with E-state index in [0.717, 1.165) is 10.1 Å². The van der Waals surface area contributed by atoms with E-state index in [1.54, 1.807) is 0 Å². The van der Waals surface area contributed by atoms with Gasteiger partial charge in [0.2, 0.25) is 0 Å². The Kier molecular flexibility index (Phi) is 3.23. The standard InChI is InChI=1S/C14H10ClN3O3/c15-11-9(6-8-4-2-1-3-5-8)13(19)18-12(17-11)10(7-16-18)14(20)21/h1-5,7,16H,6H2,(H,20,21). The third kappa shape index (κ3) is 2.30. The van der Waals surface area contributed by atoms with Crippen molar-refractivity contribution in [3.05, 3.63) is 68.7 Å². The number of aromatic carboxylic acids is 1. The maximum atomic E-state index is 12.4. The van der Waals surface area contributed by atoms with Crippen LogP contribution in [0.1, 0.15) is 21.5 Å². The molecule has 3 aromatic rings. The summed E-state index contributed by atoms with van der Waals surface area (Å²) in [6.07, 6.45) is 1.55. The summed E-state index contributed by atoms with van der Waals surface area (Å²) in [6, 6.07) is 9.36. The van der Waals surface area contributed by atoms with Gasteiger partial charge in [0.15, 0.2) is 5.65 Å². The molecule has 0 fully saturated rings. The highest BCUT2D eigenvalue weighted by atomic mass is 35.5. The Morgan fingerprint density at radius 1 is 1.33 bits per heavy atom. The topological polar surface area (TPSA) is 87.5 Å². The van der Waals surface area contributed by atoms with Crippen LogP contribution < -0.4 is 5.56 Å². The van der Waals surface area contributed by atoms with E-state index in [9.17, 15) is 9.59 Å². The fraction of sp³-hybridized carbons (Fsp3) is 0.0714. The number of hydrogen-bond acceptors (Lipinski definition) is 3. The van der Waals surface area contributed by atoms with E-state index in [4.69, 9.17) is 16.7 Å². The lowest BCUT2D eigenvalue weighted by molar-refractivity contribution is 0.0699. The van der Waals surface area contributed by atoms with Crippen molar-refractivity contribution in [3.63, 3.8) is 0 Å². The highest BCUT2D eigenvalue weighted by molar-refractivity contribution is 6.30. The average molecular weight is 304 g/mol. The van der Waals surface area contributed by atoms with Gasteiger partial charge in [-0.25, -0.2) is 14.3 Å². The number of H-pyrrole nitrogens is 1. The van der Waals surface area contributed by atoms with Crippen molar-refractivity contribution < 1.29 is 9.90 Å². The van der Waals surface area contributed by atoms with Crippen LogP contribution in [0.4, 0.5) is 0 Å². The number of benzene rings is 1. The van der Waals surface area contributed by atoms with Crippen molar-refractivity contribution in [1.29, 1.82) is 0 Å². The Morgan fingerprint density at radius 3 is 2.71 bits per heavy atom.